The van der Waals surface area contributed by atoms with Crippen LogP contribution in [0.4, 0.5) is 0 Å². The molecule has 0 aliphatic heterocycles. The van der Waals surface area contributed by atoms with Crippen LogP contribution < -0.4 is 0 Å². The summed E-state index contributed by atoms with van der Waals surface area (Å²) in [5.41, 5.74) is 0. The maximum atomic E-state index is 10.4. The molecule has 188 valence electrons. The third-order valence-corrected chi connectivity index (χ3v) is 6.34. The van der Waals surface area contributed by atoms with Gasteiger partial charge >= 0.3 is 5.97 Å². The summed E-state index contributed by atoms with van der Waals surface area (Å²) in [4.78, 5) is 10.4. The average molecular weight is 449 g/mol. The first-order valence-electron chi connectivity index (χ1n) is 14.3. The number of rotatable bonds is 26. The molecule has 2 nitrogen and oxygen atoms in total. The number of hydrogen-bond donors (Lipinski definition) is 1. The van der Waals surface area contributed by atoms with Gasteiger partial charge in [0.1, 0.15) is 0 Å². The highest BCUT2D eigenvalue weighted by Crippen LogP contribution is 2.14. The Hall–Kier alpha value is -1.05. The van der Waals surface area contributed by atoms with Gasteiger partial charge in [-0.05, 0) is 38.5 Å². The Morgan fingerprint density at radius 1 is 0.500 bits per heavy atom. The lowest BCUT2D eigenvalue weighted by Crippen LogP contribution is -1.93. The van der Waals surface area contributed by atoms with E-state index in [0.717, 1.165) is 25.7 Å². The molecular weight excluding hydrogens is 392 g/mol. The molecule has 0 spiro atoms. The maximum absolute atomic E-state index is 10.4. The van der Waals surface area contributed by atoms with Crippen molar-refractivity contribution in [3.63, 3.8) is 0 Å². The number of hydrogen-bond acceptors (Lipinski definition) is 1. The Labute approximate surface area is 201 Å². The van der Waals surface area contributed by atoms with Gasteiger partial charge < -0.3 is 5.11 Å². The van der Waals surface area contributed by atoms with Gasteiger partial charge in [0.05, 0.1) is 0 Å². The van der Waals surface area contributed by atoms with Gasteiger partial charge in [0.2, 0.25) is 0 Å². The Kier molecular flexibility index (Phi) is 27.1. The van der Waals surface area contributed by atoms with Crippen LogP contribution in [-0.4, -0.2) is 11.1 Å². The van der Waals surface area contributed by atoms with E-state index in [2.05, 4.69) is 31.2 Å². The highest BCUT2D eigenvalue weighted by atomic mass is 16.4. The lowest BCUT2D eigenvalue weighted by molar-refractivity contribution is -0.137. The Morgan fingerprint density at radius 2 is 0.844 bits per heavy atom. The number of aliphatic carboxylic acids is 1. The second-order valence-electron chi connectivity index (χ2n) is 9.62. The molecule has 0 aromatic carbocycles. The maximum Gasteiger partial charge on any atom is 0.303 e. The molecule has 0 aromatic rings. The number of carbonyl (C=O) groups is 1. The fourth-order valence-corrected chi connectivity index (χ4v) is 4.21. The van der Waals surface area contributed by atoms with Crippen molar-refractivity contribution in [1.82, 2.24) is 0 Å². The van der Waals surface area contributed by atoms with E-state index in [1.807, 2.05) is 0 Å². The van der Waals surface area contributed by atoms with E-state index in [0.29, 0.717) is 6.42 Å². The zero-order valence-electron chi connectivity index (χ0n) is 21.6. The topological polar surface area (TPSA) is 37.3 Å². The van der Waals surface area contributed by atoms with Crippen LogP contribution in [0, 0.1) is 0 Å². The molecule has 0 unspecified atom stereocenters. The van der Waals surface area contributed by atoms with Crippen LogP contribution in [-0.2, 0) is 4.79 Å². The standard InChI is InChI=1S/C30H56O2/c1-2-3-4-5-6-7-8-9-10-11-12-13-14-15-16-17-18-19-20-21-22-23-24-25-26-27-28-29-30(31)32/h18-19,21-22H,2-17,20,23-29H2,1H3,(H,31,32). The van der Waals surface area contributed by atoms with Crippen LogP contribution in [0.2, 0.25) is 0 Å². The van der Waals surface area contributed by atoms with Gasteiger partial charge in [-0.2, -0.15) is 0 Å². The molecule has 0 rings (SSSR count). The summed E-state index contributed by atoms with van der Waals surface area (Å²) >= 11 is 0. The van der Waals surface area contributed by atoms with E-state index >= 15 is 0 Å². The van der Waals surface area contributed by atoms with Crippen LogP contribution in [0.15, 0.2) is 24.3 Å². The van der Waals surface area contributed by atoms with Gasteiger partial charge in [0.15, 0.2) is 0 Å². The lowest BCUT2D eigenvalue weighted by Gasteiger charge is -2.03. The highest BCUT2D eigenvalue weighted by Gasteiger charge is 1.96. The number of unbranched alkanes of at least 4 members (excludes halogenated alkanes) is 20. The minimum Gasteiger partial charge on any atom is -0.481 e. The minimum atomic E-state index is -0.666. The summed E-state index contributed by atoms with van der Waals surface area (Å²) in [5.74, 6) is -0.666. The van der Waals surface area contributed by atoms with Crippen LogP contribution in [0.5, 0.6) is 0 Å². The predicted octanol–water partition coefficient (Wildman–Crippen LogP) is 10.6. The van der Waals surface area contributed by atoms with Crippen molar-refractivity contribution in [1.29, 1.82) is 0 Å². The summed E-state index contributed by atoms with van der Waals surface area (Å²) in [5, 5.41) is 8.59. The van der Waals surface area contributed by atoms with Crippen molar-refractivity contribution in [3.8, 4) is 0 Å². The molecule has 0 saturated carbocycles. The second kappa shape index (κ2) is 28.0. The first-order chi connectivity index (χ1) is 15.8. The molecule has 0 aliphatic carbocycles. The molecule has 0 atom stereocenters. The monoisotopic (exact) mass is 448 g/mol. The zero-order chi connectivity index (χ0) is 23.4. The van der Waals surface area contributed by atoms with Crippen LogP contribution in [0.25, 0.3) is 0 Å². The largest absolute Gasteiger partial charge is 0.481 e. The predicted molar refractivity (Wildman–Crippen MR) is 142 cm³/mol. The van der Waals surface area contributed by atoms with Crippen molar-refractivity contribution in [2.75, 3.05) is 0 Å². The van der Waals surface area contributed by atoms with E-state index in [4.69, 9.17) is 5.11 Å². The molecule has 0 bridgehead atoms. The van der Waals surface area contributed by atoms with Crippen LogP contribution in [0.1, 0.15) is 161 Å². The van der Waals surface area contributed by atoms with E-state index < -0.39 is 5.97 Å². The molecule has 1 N–H and O–H groups in total. The van der Waals surface area contributed by atoms with E-state index in [1.54, 1.807) is 0 Å². The van der Waals surface area contributed by atoms with Gasteiger partial charge in [-0.1, -0.05) is 140 Å². The van der Waals surface area contributed by atoms with Crippen molar-refractivity contribution >= 4 is 5.97 Å². The summed E-state index contributed by atoms with van der Waals surface area (Å²) < 4.78 is 0. The van der Waals surface area contributed by atoms with E-state index in [1.165, 1.54) is 122 Å². The summed E-state index contributed by atoms with van der Waals surface area (Å²) in [7, 11) is 0. The average Bonchev–Trinajstić information content (AvgIpc) is 2.78. The Bertz CT molecular complexity index is 425. The summed E-state index contributed by atoms with van der Waals surface area (Å²) in [6, 6.07) is 0. The highest BCUT2D eigenvalue weighted by molar-refractivity contribution is 5.66. The van der Waals surface area contributed by atoms with Gasteiger partial charge in [-0.25, -0.2) is 0 Å². The van der Waals surface area contributed by atoms with Gasteiger partial charge in [0.25, 0.3) is 0 Å². The van der Waals surface area contributed by atoms with Crippen molar-refractivity contribution in [3.05, 3.63) is 24.3 Å². The van der Waals surface area contributed by atoms with Gasteiger partial charge in [-0.15, -0.1) is 0 Å². The van der Waals surface area contributed by atoms with Crippen LogP contribution >= 0.6 is 0 Å². The number of carboxylic acid groups (broad SMARTS) is 1. The first-order valence-corrected chi connectivity index (χ1v) is 14.3. The molecule has 32 heavy (non-hydrogen) atoms. The van der Waals surface area contributed by atoms with Crippen molar-refractivity contribution in [2.24, 2.45) is 0 Å². The molecule has 0 aliphatic rings. The fraction of sp³-hybridized carbons (Fsp3) is 0.833. The second-order valence-corrected chi connectivity index (χ2v) is 9.62. The van der Waals surface area contributed by atoms with E-state index in [-0.39, 0.29) is 0 Å². The molecule has 0 heterocycles. The fourth-order valence-electron chi connectivity index (χ4n) is 4.21. The Morgan fingerprint density at radius 3 is 1.22 bits per heavy atom. The minimum absolute atomic E-state index is 0.325. The van der Waals surface area contributed by atoms with E-state index in [9.17, 15) is 4.79 Å². The molecule has 0 saturated heterocycles. The zero-order valence-corrected chi connectivity index (χ0v) is 21.6. The smallest absolute Gasteiger partial charge is 0.303 e. The summed E-state index contributed by atoms with van der Waals surface area (Å²) in [6.45, 7) is 2.29. The first kappa shape index (κ1) is 30.9. The number of carboxylic acids is 1. The molecule has 2 heteroatoms. The lowest BCUT2D eigenvalue weighted by atomic mass is 10.0. The third kappa shape index (κ3) is 28.9. The van der Waals surface area contributed by atoms with Crippen molar-refractivity contribution < 1.29 is 9.90 Å². The van der Waals surface area contributed by atoms with Gasteiger partial charge in [0, 0.05) is 6.42 Å². The molecule has 0 amide bonds. The van der Waals surface area contributed by atoms with Gasteiger partial charge in [-0.3, -0.25) is 4.79 Å². The quantitative estimate of drug-likeness (QED) is 0.105. The van der Waals surface area contributed by atoms with Crippen molar-refractivity contribution in [2.45, 2.75) is 161 Å². The number of allylic oxidation sites excluding steroid dienone is 4. The third-order valence-electron chi connectivity index (χ3n) is 6.34. The molecular formula is C30H56O2. The summed E-state index contributed by atoms with van der Waals surface area (Å²) in [6.07, 6.45) is 40.0. The molecule has 0 fully saturated rings. The van der Waals surface area contributed by atoms with Crippen LogP contribution in [0.3, 0.4) is 0 Å². The normalized spacial score (nSPS) is 11.8. The Balaban J connectivity index is 3.15. The SMILES string of the molecule is CCCCCCCCCCCCCCCCCC=CCC=CCCCCCCCC(=O)O. The molecule has 0 aromatic heterocycles. The molecule has 0 radical (unpaired) electrons.